The van der Waals surface area contributed by atoms with Crippen molar-refractivity contribution in [3.05, 3.63) is 88.7 Å². The number of carbonyl (C=O) groups is 1. The summed E-state index contributed by atoms with van der Waals surface area (Å²) in [5.74, 6) is -0.764. The number of rotatable bonds is 5. The van der Waals surface area contributed by atoms with Gasteiger partial charge in [0.2, 0.25) is 5.91 Å². The van der Waals surface area contributed by atoms with Crippen molar-refractivity contribution in [1.82, 2.24) is 14.9 Å². The summed E-state index contributed by atoms with van der Waals surface area (Å²) in [7, 11) is 0. The van der Waals surface area contributed by atoms with Crippen LogP contribution in [0, 0.1) is 5.82 Å². The van der Waals surface area contributed by atoms with Gasteiger partial charge in [0.15, 0.2) is 0 Å². The van der Waals surface area contributed by atoms with Crippen LogP contribution >= 0.6 is 11.3 Å². The average molecular weight is 393 g/mol. The Hall–Kier alpha value is -3.32. The van der Waals surface area contributed by atoms with E-state index in [0.29, 0.717) is 15.8 Å². The van der Waals surface area contributed by atoms with E-state index in [-0.39, 0.29) is 30.4 Å². The molecular weight excluding hydrogens is 377 g/mol. The number of benzene rings is 2. The summed E-state index contributed by atoms with van der Waals surface area (Å²) in [5, 5.41) is 3.11. The van der Waals surface area contributed by atoms with Crippen molar-refractivity contribution in [1.29, 1.82) is 0 Å². The van der Waals surface area contributed by atoms with Crippen LogP contribution < -0.4 is 10.9 Å². The largest absolute Gasteiger partial charge is 0.350 e. The van der Waals surface area contributed by atoms with Crippen molar-refractivity contribution in [2.24, 2.45) is 0 Å². The SMILES string of the molecule is O=C(Cn1cnc2sc(-c3ccccc3)cc2c1=O)NCc1ccccc1F. The normalized spacial score (nSPS) is 10.9. The van der Waals surface area contributed by atoms with Crippen molar-refractivity contribution in [3.63, 3.8) is 0 Å². The highest BCUT2D eigenvalue weighted by molar-refractivity contribution is 7.21. The molecule has 1 N–H and O–H groups in total. The zero-order valence-electron chi connectivity index (χ0n) is 14.8. The second-order valence-electron chi connectivity index (χ2n) is 6.24. The van der Waals surface area contributed by atoms with Crippen LogP contribution in [0.4, 0.5) is 4.39 Å². The molecule has 0 aliphatic carbocycles. The summed E-state index contributed by atoms with van der Waals surface area (Å²) in [4.78, 5) is 30.8. The standard InChI is InChI=1S/C21H16FN3O2S/c22-17-9-5-4-8-15(17)11-23-19(26)12-25-13-24-20-16(21(25)27)10-18(28-20)14-6-2-1-3-7-14/h1-10,13H,11-12H2,(H,23,26). The summed E-state index contributed by atoms with van der Waals surface area (Å²) in [6, 6.07) is 17.8. The Morgan fingerprint density at radius 3 is 2.64 bits per heavy atom. The van der Waals surface area contributed by atoms with Crippen LogP contribution in [0.3, 0.4) is 0 Å². The maximum atomic E-state index is 13.6. The van der Waals surface area contributed by atoms with Gasteiger partial charge in [-0.2, -0.15) is 0 Å². The Balaban J connectivity index is 1.52. The van der Waals surface area contributed by atoms with Crippen molar-refractivity contribution < 1.29 is 9.18 Å². The lowest BCUT2D eigenvalue weighted by atomic mass is 10.2. The number of hydrogen-bond donors (Lipinski definition) is 1. The fraction of sp³-hybridized carbons (Fsp3) is 0.0952. The summed E-state index contributed by atoms with van der Waals surface area (Å²) in [6.45, 7) is -0.112. The predicted molar refractivity (Wildman–Crippen MR) is 108 cm³/mol. The van der Waals surface area contributed by atoms with Crippen LogP contribution in [0.25, 0.3) is 20.7 Å². The molecular formula is C21H16FN3O2S. The summed E-state index contributed by atoms with van der Waals surface area (Å²) >= 11 is 1.43. The van der Waals surface area contributed by atoms with Gasteiger partial charge in [0.1, 0.15) is 17.2 Å². The van der Waals surface area contributed by atoms with Gasteiger partial charge in [-0.05, 0) is 17.7 Å². The summed E-state index contributed by atoms with van der Waals surface area (Å²) < 4.78 is 14.9. The predicted octanol–water partition coefficient (Wildman–Crippen LogP) is 3.58. The lowest BCUT2D eigenvalue weighted by molar-refractivity contribution is -0.121. The molecule has 0 saturated carbocycles. The number of nitrogens with one attached hydrogen (secondary N) is 1. The first kappa shape index (κ1) is 18.1. The van der Waals surface area contributed by atoms with E-state index in [9.17, 15) is 14.0 Å². The van der Waals surface area contributed by atoms with Crippen molar-refractivity contribution >= 4 is 27.5 Å². The van der Waals surface area contributed by atoms with E-state index in [0.717, 1.165) is 10.4 Å². The summed E-state index contributed by atoms with van der Waals surface area (Å²) in [6.07, 6.45) is 1.37. The van der Waals surface area contributed by atoms with Crippen LogP contribution in [0.1, 0.15) is 5.56 Å². The fourth-order valence-corrected chi connectivity index (χ4v) is 3.86. The van der Waals surface area contributed by atoms with Crippen molar-refractivity contribution in [3.8, 4) is 10.4 Å². The van der Waals surface area contributed by atoms with Crippen LogP contribution in [0.2, 0.25) is 0 Å². The first-order chi connectivity index (χ1) is 13.6. The number of fused-ring (bicyclic) bond motifs is 1. The highest BCUT2D eigenvalue weighted by atomic mass is 32.1. The molecule has 0 aliphatic rings. The van der Waals surface area contributed by atoms with E-state index in [1.165, 1.54) is 28.3 Å². The highest BCUT2D eigenvalue weighted by Gasteiger charge is 2.12. The molecule has 7 heteroatoms. The monoisotopic (exact) mass is 393 g/mol. The fourth-order valence-electron chi connectivity index (χ4n) is 2.86. The van der Waals surface area contributed by atoms with E-state index in [1.807, 2.05) is 30.3 Å². The first-order valence-electron chi connectivity index (χ1n) is 8.66. The zero-order chi connectivity index (χ0) is 19.5. The van der Waals surface area contributed by atoms with Gasteiger partial charge in [0.05, 0.1) is 11.7 Å². The van der Waals surface area contributed by atoms with Gasteiger partial charge in [-0.3, -0.25) is 14.2 Å². The quantitative estimate of drug-likeness (QED) is 0.564. The van der Waals surface area contributed by atoms with Gasteiger partial charge in [0.25, 0.3) is 5.56 Å². The molecule has 2 aromatic carbocycles. The number of amides is 1. The van der Waals surface area contributed by atoms with Crippen molar-refractivity contribution in [2.75, 3.05) is 0 Å². The summed E-state index contributed by atoms with van der Waals surface area (Å²) in [5.41, 5.74) is 1.13. The van der Waals surface area contributed by atoms with E-state index in [2.05, 4.69) is 10.3 Å². The van der Waals surface area contributed by atoms with Gasteiger partial charge in [-0.25, -0.2) is 9.37 Å². The molecule has 0 spiro atoms. The minimum atomic E-state index is -0.384. The molecule has 4 aromatic rings. The number of aromatic nitrogens is 2. The smallest absolute Gasteiger partial charge is 0.262 e. The third kappa shape index (κ3) is 3.70. The van der Waals surface area contributed by atoms with Gasteiger partial charge in [-0.1, -0.05) is 48.5 Å². The molecule has 5 nitrogen and oxygen atoms in total. The number of nitrogens with zero attached hydrogens (tertiary/aromatic N) is 2. The Bertz CT molecular complexity index is 1200. The Labute approximate surface area is 164 Å². The van der Waals surface area contributed by atoms with Gasteiger partial charge in [-0.15, -0.1) is 11.3 Å². The lowest BCUT2D eigenvalue weighted by Crippen LogP contribution is -2.32. The minimum absolute atomic E-state index is 0.0620. The molecule has 4 rings (SSSR count). The molecule has 0 unspecified atom stereocenters. The maximum absolute atomic E-state index is 13.6. The molecule has 2 aromatic heterocycles. The molecule has 0 aliphatic heterocycles. The second-order valence-corrected chi connectivity index (χ2v) is 7.27. The Morgan fingerprint density at radius 1 is 1.11 bits per heavy atom. The molecule has 2 heterocycles. The number of carbonyl (C=O) groups excluding carboxylic acids is 1. The topological polar surface area (TPSA) is 64.0 Å². The molecule has 140 valence electrons. The van der Waals surface area contributed by atoms with Crippen LogP contribution in [-0.2, 0) is 17.9 Å². The molecule has 0 atom stereocenters. The van der Waals surface area contributed by atoms with Gasteiger partial charge >= 0.3 is 0 Å². The number of hydrogen-bond acceptors (Lipinski definition) is 4. The number of halogens is 1. The van der Waals surface area contributed by atoms with Crippen LogP contribution in [0.15, 0.2) is 71.8 Å². The van der Waals surface area contributed by atoms with Crippen LogP contribution in [-0.4, -0.2) is 15.5 Å². The van der Waals surface area contributed by atoms with E-state index in [1.54, 1.807) is 24.3 Å². The molecule has 0 radical (unpaired) electrons. The molecule has 0 bridgehead atoms. The third-order valence-electron chi connectivity index (χ3n) is 4.32. The van der Waals surface area contributed by atoms with Crippen LogP contribution in [0.5, 0.6) is 0 Å². The molecule has 0 fully saturated rings. The maximum Gasteiger partial charge on any atom is 0.262 e. The first-order valence-corrected chi connectivity index (χ1v) is 9.48. The van der Waals surface area contributed by atoms with E-state index >= 15 is 0 Å². The zero-order valence-corrected chi connectivity index (χ0v) is 15.6. The van der Waals surface area contributed by atoms with E-state index < -0.39 is 0 Å². The average Bonchev–Trinajstić information content (AvgIpc) is 3.15. The van der Waals surface area contributed by atoms with E-state index in [4.69, 9.17) is 0 Å². The Kier molecular flexibility index (Phi) is 4.99. The molecule has 1 amide bonds. The van der Waals surface area contributed by atoms with Gasteiger partial charge < -0.3 is 5.32 Å². The van der Waals surface area contributed by atoms with Gasteiger partial charge in [0, 0.05) is 17.0 Å². The highest BCUT2D eigenvalue weighted by Crippen LogP contribution is 2.30. The second kappa shape index (κ2) is 7.74. The molecule has 0 saturated heterocycles. The minimum Gasteiger partial charge on any atom is -0.350 e. The number of thiophene rings is 1. The van der Waals surface area contributed by atoms with Crippen molar-refractivity contribution in [2.45, 2.75) is 13.1 Å². The molecule has 28 heavy (non-hydrogen) atoms. The lowest BCUT2D eigenvalue weighted by Gasteiger charge is -2.08. The Morgan fingerprint density at radius 2 is 1.86 bits per heavy atom. The third-order valence-corrected chi connectivity index (χ3v) is 5.42.